The summed E-state index contributed by atoms with van der Waals surface area (Å²) < 4.78 is 0. The molecule has 30 heavy (non-hydrogen) atoms. The second-order valence-corrected chi connectivity index (χ2v) is 6.89. The number of carbonyl (C=O) groups is 3. The van der Waals surface area contributed by atoms with E-state index in [0.29, 0.717) is 11.3 Å². The van der Waals surface area contributed by atoms with Crippen LogP contribution in [0.4, 0.5) is 5.69 Å². The molecule has 3 rings (SSSR count). The van der Waals surface area contributed by atoms with Crippen LogP contribution in [-0.2, 0) is 16.0 Å². The van der Waals surface area contributed by atoms with Gasteiger partial charge in [0.1, 0.15) is 6.04 Å². The summed E-state index contributed by atoms with van der Waals surface area (Å²) in [5, 5.41) is 14.7. The molecule has 0 aliphatic rings. The number of anilines is 1. The monoisotopic (exact) mass is 402 g/mol. The Bertz CT molecular complexity index is 1030. The van der Waals surface area contributed by atoms with Gasteiger partial charge in [-0.2, -0.15) is 0 Å². The van der Waals surface area contributed by atoms with Gasteiger partial charge in [0.2, 0.25) is 5.91 Å². The summed E-state index contributed by atoms with van der Waals surface area (Å²) >= 11 is 0. The molecule has 3 aromatic carbocycles. The predicted molar refractivity (Wildman–Crippen MR) is 115 cm³/mol. The van der Waals surface area contributed by atoms with E-state index in [9.17, 15) is 19.5 Å². The largest absolute Gasteiger partial charge is 0.480 e. The average molecular weight is 402 g/mol. The first-order chi connectivity index (χ1) is 14.4. The van der Waals surface area contributed by atoms with Crippen LogP contribution in [0.25, 0.3) is 11.1 Å². The SMILES string of the molecule is CC(=O)Nc1ccc(C(=O)N[C@@H](Cc2ccc(-c3ccccc3)cc2)C(=O)O)cc1. The first-order valence-corrected chi connectivity index (χ1v) is 9.48. The fraction of sp³-hybridized carbons (Fsp3) is 0.125. The number of hydrogen-bond acceptors (Lipinski definition) is 3. The number of hydrogen-bond donors (Lipinski definition) is 3. The maximum Gasteiger partial charge on any atom is 0.326 e. The number of amides is 2. The molecule has 0 heterocycles. The fourth-order valence-electron chi connectivity index (χ4n) is 3.05. The highest BCUT2D eigenvalue weighted by atomic mass is 16.4. The molecule has 0 bridgehead atoms. The van der Waals surface area contributed by atoms with Crippen molar-refractivity contribution in [2.45, 2.75) is 19.4 Å². The minimum absolute atomic E-state index is 0.167. The minimum atomic E-state index is -1.11. The third kappa shape index (κ3) is 5.54. The van der Waals surface area contributed by atoms with Crippen molar-refractivity contribution in [3.05, 3.63) is 90.0 Å². The maximum atomic E-state index is 12.5. The molecule has 6 heteroatoms. The van der Waals surface area contributed by atoms with Gasteiger partial charge in [0.15, 0.2) is 0 Å². The van der Waals surface area contributed by atoms with Gasteiger partial charge in [0.05, 0.1) is 0 Å². The molecule has 0 spiro atoms. The molecule has 1 atom stereocenters. The van der Waals surface area contributed by atoms with Crippen molar-refractivity contribution in [3.63, 3.8) is 0 Å². The Balaban J connectivity index is 1.66. The quantitative estimate of drug-likeness (QED) is 0.561. The van der Waals surface area contributed by atoms with Crippen LogP contribution >= 0.6 is 0 Å². The van der Waals surface area contributed by atoms with Crippen molar-refractivity contribution >= 4 is 23.5 Å². The molecule has 0 aromatic heterocycles. The minimum Gasteiger partial charge on any atom is -0.480 e. The second-order valence-electron chi connectivity index (χ2n) is 6.89. The van der Waals surface area contributed by atoms with E-state index < -0.39 is 17.9 Å². The molecule has 0 fully saturated rings. The van der Waals surface area contributed by atoms with Gasteiger partial charge in [-0.25, -0.2) is 4.79 Å². The summed E-state index contributed by atoms with van der Waals surface area (Å²) in [6.07, 6.45) is 0.167. The number of benzene rings is 3. The Morgan fingerprint density at radius 2 is 1.43 bits per heavy atom. The summed E-state index contributed by atoms with van der Waals surface area (Å²) in [7, 11) is 0. The van der Waals surface area contributed by atoms with Gasteiger partial charge in [-0.15, -0.1) is 0 Å². The topological polar surface area (TPSA) is 95.5 Å². The standard InChI is InChI=1S/C24H22N2O4/c1-16(27)25-21-13-11-20(12-14-21)23(28)26-22(24(29)30)15-17-7-9-19(10-8-17)18-5-3-2-4-6-18/h2-14,22H,15H2,1H3,(H,25,27)(H,26,28)(H,29,30)/t22-/m0/s1. The maximum absolute atomic E-state index is 12.5. The van der Waals surface area contributed by atoms with Gasteiger partial charge in [-0.05, 0) is 41.0 Å². The zero-order chi connectivity index (χ0) is 21.5. The van der Waals surface area contributed by atoms with E-state index in [4.69, 9.17) is 0 Å². The van der Waals surface area contributed by atoms with Crippen LogP contribution in [0.5, 0.6) is 0 Å². The fourth-order valence-corrected chi connectivity index (χ4v) is 3.05. The third-order valence-electron chi connectivity index (χ3n) is 4.57. The second kappa shape index (κ2) is 9.52. The predicted octanol–water partition coefficient (Wildman–Crippen LogP) is 3.74. The van der Waals surface area contributed by atoms with E-state index in [1.165, 1.54) is 19.1 Å². The van der Waals surface area contributed by atoms with E-state index in [1.54, 1.807) is 12.1 Å². The van der Waals surface area contributed by atoms with Crippen molar-refractivity contribution in [1.29, 1.82) is 0 Å². The molecule has 6 nitrogen and oxygen atoms in total. The first kappa shape index (κ1) is 20.8. The zero-order valence-electron chi connectivity index (χ0n) is 16.5. The smallest absolute Gasteiger partial charge is 0.326 e. The van der Waals surface area contributed by atoms with E-state index in [-0.39, 0.29) is 12.3 Å². The zero-order valence-corrected chi connectivity index (χ0v) is 16.5. The van der Waals surface area contributed by atoms with E-state index in [0.717, 1.165) is 16.7 Å². The average Bonchev–Trinajstić information content (AvgIpc) is 2.74. The van der Waals surface area contributed by atoms with Gasteiger partial charge in [0, 0.05) is 24.6 Å². The van der Waals surface area contributed by atoms with Crippen molar-refractivity contribution in [3.8, 4) is 11.1 Å². The highest BCUT2D eigenvalue weighted by molar-refractivity contribution is 5.97. The van der Waals surface area contributed by atoms with Gasteiger partial charge in [0.25, 0.3) is 5.91 Å². The molecule has 0 saturated carbocycles. The number of aliphatic carboxylic acids is 1. The summed E-state index contributed by atoms with van der Waals surface area (Å²) in [5.41, 5.74) is 3.80. The summed E-state index contributed by atoms with van der Waals surface area (Å²) in [5.74, 6) is -1.81. The molecule has 3 aromatic rings. The Morgan fingerprint density at radius 3 is 2.00 bits per heavy atom. The van der Waals surface area contributed by atoms with E-state index in [1.807, 2.05) is 54.6 Å². The molecule has 152 valence electrons. The molecule has 3 N–H and O–H groups in total. The molecule has 0 radical (unpaired) electrons. The van der Waals surface area contributed by atoms with E-state index in [2.05, 4.69) is 10.6 Å². The first-order valence-electron chi connectivity index (χ1n) is 9.48. The lowest BCUT2D eigenvalue weighted by molar-refractivity contribution is -0.139. The van der Waals surface area contributed by atoms with Gasteiger partial charge >= 0.3 is 5.97 Å². The lowest BCUT2D eigenvalue weighted by atomic mass is 10.0. The van der Waals surface area contributed by atoms with Crippen molar-refractivity contribution in [1.82, 2.24) is 5.32 Å². The van der Waals surface area contributed by atoms with E-state index >= 15 is 0 Å². The Hall–Kier alpha value is -3.93. The van der Waals surface area contributed by atoms with Crippen LogP contribution in [0.3, 0.4) is 0 Å². The van der Waals surface area contributed by atoms with Crippen LogP contribution in [-0.4, -0.2) is 28.9 Å². The number of carbonyl (C=O) groups excluding carboxylic acids is 2. The van der Waals surface area contributed by atoms with Crippen LogP contribution in [0.2, 0.25) is 0 Å². The number of nitrogens with one attached hydrogen (secondary N) is 2. The number of carboxylic acid groups (broad SMARTS) is 1. The lowest BCUT2D eigenvalue weighted by Crippen LogP contribution is -2.42. The molecule has 0 aliphatic carbocycles. The van der Waals surface area contributed by atoms with Crippen molar-refractivity contribution < 1.29 is 19.5 Å². The van der Waals surface area contributed by atoms with Crippen molar-refractivity contribution in [2.24, 2.45) is 0 Å². The summed E-state index contributed by atoms with van der Waals surface area (Å²) in [6.45, 7) is 1.39. The molecular weight excluding hydrogens is 380 g/mol. The molecule has 2 amide bonds. The normalized spacial score (nSPS) is 11.4. The van der Waals surface area contributed by atoms with Gasteiger partial charge in [-0.1, -0.05) is 54.6 Å². The number of rotatable bonds is 7. The van der Waals surface area contributed by atoms with Gasteiger partial charge in [-0.3, -0.25) is 9.59 Å². The van der Waals surface area contributed by atoms with Crippen LogP contribution in [0, 0.1) is 0 Å². The van der Waals surface area contributed by atoms with Crippen LogP contribution in [0.15, 0.2) is 78.9 Å². The van der Waals surface area contributed by atoms with Crippen LogP contribution < -0.4 is 10.6 Å². The Morgan fingerprint density at radius 1 is 0.833 bits per heavy atom. The summed E-state index contributed by atoms with van der Waals surface area (Å²) in [4.78, 5) is 35.2. The third-order valence-corrected chi connectivity index (χ3v) is 4.57. The Labute approximate surface area is 174 Å². The molecule has 0 aliphatic heterocycles. The van der Waals surface area contributed by atoms with Gasteiger partial charge < -0.3 is 15.7 Å². The number of carboxylic acids is 1. The lowest BCUT2D eigenvalue weighted by Gasteiger charge is -2.15. The van der Waals surface area contributed by atoms with Crippen molar-refractivity contribution in [2.75, 3.05) is 5.32 Å². The molecule has 0 unspecified atom stereocenters. The summed E-state index contributed by atoms with van der Waals surface area (Å²) in [6, 6.07) is 22.7. The molecular formula is C24H22N2O4. The highest BCUT2D eigenvalue weighted by Gasteiger charge is 2.21. The van der Waals surface area contributed by atoms with Crippen LogP contribution in [0.1, 0.15) is 22.8 Å². The highest BCUT2D eigenvalue weighted by Crippen LogP contribution is 2.20. The molecule has 0 saturated heterocycles. The Kier molecular flexibility index (Phi) is 6.60.